The summed E-state index contributed by atoms with van der Waals surface area (Å²) >= 11 is 0. The molecule has 1 aromatic heterocycles. The topological polar surface area (TPSA) is 101 Å². The minimum atomic E-state index is -1.31. The Bertz CT molecular complexity index is 1330. The third-order valence-electron chi connectivity index (χ3n) is 5.78. The summed E-state index contributed by atoms with van der Waals surface area (Å²) in [5, 5.41) is 11.9. The van der Waals surface area contributed by atoms with Crippen LogP contribution in [0.15, 0.2) is 47.4 Å². The third-order valence-corrected chi connectivity index (χ3v) is 5.78. The molecule has 4 rings (SSSR count). The Morgan fingerprint density at radius 2 is 2.00 bits per heavy atom. The number of carbonyl (C=O) groups is 2. The molecule has 0 saturated carbocycles. The van der Waals surface area contributed by atoms with E-state index in [4.69, 9.17) is 4.74 Å². The molecule has 8 nitrogen and oxygen atoms in total. The number of carbonyl (C=O) groups excluding carboxylic acids is 2. The zero-order valence-corrected chi connectivity index (χ0v) is 18.5. The number of nitrogens with zero attached hydrogens (tertiary/aromatic N) is 2. The van der Waals surface area contributed by atoms with Crippen molar-refractivity contribution in [1.29, 1.82) is 0 Å². The Morgan fingerprint density at radius 1 is 1.29 bits per heavy atom. The molecule has 2 aromatic carbocycles. The molecule has 1 aliphatic rings. The first-order chi connectivity index (χ1) is 16.2. The highest BCUT2D eigenvalue weighted by Gasteiger charge is 2.30. The van der Waals surface area contributed by atoms with Gasteiger partial charge in [0.25, 0.3) is 5.91 Å². The summed E-state index contributed by atoms with van der Waals surface area (Å²) in [6.07, 6.45) is 1.24. The van der Waals surface area contributed by atoms with Crippen molar-refractivity contribution >= 4 is 22.7 Å². The number of pyridine rings is 1. The van der Waals surface area contributed by atoms with Gasteiger partial charge in [0.05, 0.1) is 23.6 Å². The van der Waals surface area contributed by atoms with Gasteiger partial charge < -0.3 is 24.6 Å². The number of hydrogen-bond acceptors (Lipinski definition) is 5. The quantitative estimate of drug-likeness (QED) is 0.573. The number of aromatic nitrogens is 1. The summed E-state index contributed by atoms with van der Waals surface area (Å²) in [6.45, 7) is 1.29. The molecule has 1 aliphatic heterocycles. The second kappa shape index (κ2) is 9.22. The van der Waals surface area contributed by atoms with E-state index in [1.165, 1.54) is 22.7 Å². The van der Waals surface area contributed by atoms with Crippen molar-refractivity contribution in [1.82, 2.24) is 14.8 Å². The van der Waals surface area contributed by atoms with Gasteiger partial charge >= 0.3 is 0 Å². The number of nitrogens with one attached hydrogen (secondary N) is 1. The van der Waals surface area contributed by atoms with Gasteiger partial charge in [0.15, 0.2) is 11.6 Å². The van der Waals surface area contributed by atoms with Gasteiger partial charge in [-0.05, 0) is 18.6 Å². The van der Waals surface area contributed by atoms with Crippen molar-refractivity contribution in [3.05, 3.63) is 75.6 Å². The zero-order chi connectivity index (χ0) is 24.6. The van der Waals surface area contributed by atoms with E-state index in [-0.39, 0.29) is 41.4 Å². The van der Waals surface area contributed by atoms with Crippen molar-refractivity contribution in [2.24, 2.45) is 0 Å². The van der Waals surface area contributed by atoms with Crippen LogP contribution in [0.1, 0.15) is 28.9 Å². The Kier molecular flexibility index (Phi) is 6.34. The Morgan fingerprint density at radius 3 is 2.68 bits per heavy atom. The summed E-state index contributed by atoms with van der Waals surface area (Å²) < 4.78 is 35.1. The molecule has 10 heteroatoms. The molecule has 2 N–H and O–H groups in total. The molecule has 0 aliphatic carbocycles. The van der Waals surface area contributed by atoms with Crippen molar-refractivity contribution in [2.45, 2.75) is 25.6 Å². The van der Waals surface area contributed by atoms with Crippen LogP contribution in [0.3, 0.4) is 0 Å². The number of rotatable bonds is 6. The molecular formula is C24H23F2N3O5. The summed E-state index contributed by atoms with van der Waals surface area (Å²) in [4.78, 5) is 40.2. The summed E-state index contributed by atoms with van der Waals surface area (Å²) in [5.74, 6) is -4.34. The van der Waals surface area contributed by atoms with Crippen LogP contribution in [0, 0.1) is 11.6 Å². The van der Waals surface area contributed by atoms with Gasteiger partial charge in [-0.1, -0.05) is 30.3 Å². The molecule has 0 spiro atoms. The van der Waals surface area contributed by atoms with Crippen LogP contribution in [0.25, 0.3) is 10.9 Å². The molecule has 2 unspecified atom stereocenters. The van der Waals surface area contributed by atoms with Crippen LogP contribution < -0.4 is 15.5 Å². The highest BCUT2D eigenvalue weighted by atomic mass is 19.2. The smallest absolute Gasteiger partial charge is 0.257 e. The predicted molar refractivity (Wildman–Crippen MR) is 120 cm³/mol. The summed E-state index contributed by atoms with van der Waals surface area (Å²) in [6, 6.07) is 8.20. The monoisotopic (exact) mass is 471 g/mol. The Labute approximate surface area is 193 Å². The SMILES string of the molecule is CC1COc2c(F)c(F)cc3c(=O)c(C(=O)NC(CO)C(=O)N(C)Cc4ccccc4)cn1c23. The van der Waals surface area contributed by atoms with E-state index in [2.05, 4.69) is 5.32 Å². The van der Waals surface area contributed by atoms with Gasteiger partial charge in [0.1, 0.15) is 18.2 Å². The summed E-state index contributed by atoms with van der Waals surface area (Å²) in [5.41, 5.74) is -0.301. The zero-order valence-electron chi connectivity index (χ0n) is 18.5. The lowest BCUT2D eigenvalue weighted by Crippen LogP contribution is -2.50. The first-order valence-electron chi connectivity index (χ1n) is 10.6. The Hall–Kier alpha value is -3.79. The van der Waals surface area contributed by atoms with E-state index in [0.717, 1.165) is 11.6 Å². The molecule has 0 fully saturated rings. The fourth-order valence-corrected chi connectivity index (χ4v) is 3.98. The number of amides is 2. The van der Waals surface area contributed by atoms with Gasteiger partial charge in [-0.25, -0.2) is 4.39 Å². The summed E-state index contributed by atoms with van der Waals surface area (Å²) in [7, 11) is 1.53. The van der Waals surface area contributed by atoms with E-state index in [9.17, 15) is 28.3 Å². The van der Waals surface area contributed by atoms with Gasteiger partial charge in [0, 0.05) is 19.8 Å². The maximum Gasteiger partial charge on any atom is 0.257 e. The molecule has 178 valence electrons. The minimum Gasteiger partial charge on any atom is -0.486 e. The maximum atomic E-state index is 14.2. The van der Waals surface area contributed by atoms with Gasteiger partial charge in [-0.3, -0.25) is 14.4 Å². The third kappa shape index (κ3) is 4.12. The van der Waals surface area contributed by atoms with Crippen LogP contribution in [0.2, 0.25) is 0 Å². The van der Waals surface area contributed by atoms with Crippen molar-refractivity contribution in [3.63, 3.8) is 0 Å². The van der Waals surface area contributed by atoms with E-state index in [1.54, 1.807) is 6.92 Å². The van der Waals surface area contributed by atoms with Crippen molar-refractivity contribution < 1.29 is 28.2 Å². The normalized spacial score (nSPS) is 15.5. The number of ether oxygens (including phenoxy) is 1. The number of aliphatic hydroxyl groups is 1. The molecule has 34 heavy (non-hydrogen) atoms. The molecule has 3 aromatic rings. The number of benzene rings is 2. The largest absolute Gasteiger partial charge is 0.486 e. The van der Waals surface area contributed by atoms with E-state index in [1.807, 2.05) is 30.3 Å². The standard InChI is InChI=1S/C24H23F2N3O5/c1-13-12-34-22-19(26)17(25)8-15-20(22)29(13)10-16(21(15)31)23(32)27-18(11-30)24(33)28(2)9-14-6-4-3-5-7-14/h3-8,10,13,18,30H,9,11-12H2,1-2H3,(H,27,32). The van der Waals surface area contributed by atoms with Crippen LogP contribution in [0.4, 0.5) is 8.78 Å². The lowest BCUT2D eigenvalue weighted by Gasteiger charge is -2.27. The average molecular weight is 471 g/mol. The molecule has 2 atom stereocenters. The molecule has 2 heterocycles. The van der Waals surface area contributed by atoms with Crippen LogP contribution >= 0.6 is 0 Å². The fourth-order valence-electron chi connectivity index (χ4n) is 3.98. The van der Waals surface area contributed by atoms with Crippen molar-refractivity contribution in [3.8, 4) is 5.75 Å². The second-order valence-electron chi connectivity index (χ2n) is 8.23. The van der Waals surface area contributed by atoms with Gasteiger partial charge in [-0.2, -0.15) is 4.39 Å². The highest BCUT2D eigenvalue weighted by Crippen LogP contribution is 2.35. The molecular weight excluding hydrogens is 448 g/mol. The average Bonchev–Trinajstić information content (AvgIpc) is 2.83. The molecule has 0 saturated heterocycles. The van der Waals surface area contributed by atoms with Gasteiger partial charge in [0.2, 0.25) is 17.2 Å². The lowest BCUT2D eigenvalue weighted by atomic mass is 10.1. The van der Waals surface area contributed by atoms with Crippen LogP contribution in [-0.4, -0.2) is 52.7 Å². The lowest BCUT2D eigenvalue weighted by molar-refractivity contribution is -0.133. The predicted octanol–water partition coefficient (Wildman–Crippen LogP) is 1.98. The van der Waals surface area contributed by atoms with E-state index >= 15 is 0 Å². The number of halogens is 2. The highest BCUT2D eigenvalue weighted by molar-refractivity contribution is 6.00. The minimum absolute atomic E-state index is 0.00837. The first-order valence-corrected chi connectivity index (χ1v) is 10.6. The fraction of sp³-hybridized carbons (Fsp3) is 0.292. The molecule has 0 bridgehead atoms. The van der Waals surface area contributed by atoms with Crippen LogP contribution in [-0.2, 0) is 11.3 Å². The number of likely N-dealkylation sites (N-methyl/N-ethyl adjacent to an activating group) is 1. The van der Waals surface area contributed by atoms with Crippen molar-refractivity contribution in [2.75, 3.05) is 20.3 Å². The molecule has 2 amide bonds. The number of hydrogen-bond donors (Lipinski definition) is 2. The number of aliphatic hydroxyl groups excluding tert-OH is 1. The first kappa shape index (κ1) is 23.4. The maximum absolute atomic E-state index is 14.2. The Balaban J connectivity index is 1.65. The van der Waals surface area contributed by atoms with Crippen LogP contribution in [0.5, 0.6) is 5.75 Å². The molecule has 0 radical (unpaired) electrons. The van der Waals surface area contributed by atoms with Gasteiger partial charge in [-0.15, -0.1) is 0 Å². The second-order valence-corrected chi connectivity index (χ2v) is 8.23. The van der Waals surface area contributed by atoms with E-state index < -0.39 is 41.5 Å². The van der Waals surface area contributed by atoms with E-state index in [0.29, 0.717) is 0 Å².